The first-order chi connectivity index (χ1) is 25.1. The third-order valence-electron chi connectivity index (χ3n) is 9.81. The fourth-order valence-corrected chi connectivity index (χ4v) is 7.16. The lowest BCUT2D eigenvalue weighted by atomic mass is 10.0. The van der Waals surface area contributed by atoms with E-state index in [1.54, 1.807) is 0 Å². The van der Waals surface area contributed by atoms with E-state index in [0.29, 0.717) is 5.84 Å². The zero-order valence-electron chi connectivity index (χ0n) is 28.5. The van der Waals surface area contributed by atoms with Gasteiger partial charge in [0.1, 0.15) is 11.2 Å². The van der Waals surface area contributed by atoms with Gasteiger partial charge in [0.2, 0.25) is 0 Å². The molecule has 0 unspecified atom stereocenters. The molecule has 0 saturated carbocycles. The van der Waals surface area contributed by atoms with Crippen molar-refractivity contribution in [1.82, 2.24) is 4.57 Å². The topological polar surface area (TPSA) is 42.8 Å². The monoisotopic (exact) mass is 657 g/mol. The smallest absolute Gasteiger partial charge is 0.155 e. The van der Waals surface area contributed by atoms with E-state index < -0.39 is 0 Å². The number of furan rings is 1. The van der Waals surface area contributed by atoms with Crippen LogP contribution in [0.25, 0.3) is 60.6 Å². The van der Waals surface area contributed by atoms with Gasteiger partial charge in [0, 0.05) is 38.5 Å². The summed E-state index contributed by atoms with van der Waals surface area (Å²) in [6.45, 7) is 4.15. The summed E-state index contributed by atoms with van der Waals surface area (Å²) in [5.74, 6) is 0.709. The van der Waals surface area contributed by atoms with Crippen LogP contribution >= 0.6 is 0 Å². The number of hydrogen-bond acceptors (Lipinski definition) is 2. The molecule has 9 rings (SSSR count). The third-order valence-corrected chi connectivity index (χ3v) is 9.81. The Morgan fingerprint density at radius 3 is 1.98 bits per heavy atom. The van der Waals surface area contributed by atoms with Crippen molar-refractivity contribution < 1.29 is 4.42 Å². The number of aliphatic imine (C=N–C) groups is 2. The Hall–Kier alpha value is -6.52. The van der Waals surface area contributed by atoms with Gasteiger partial charge < -0.3 is 8.98 Å². The number of hydrogen-bond donors (Lipinski definition) is 0. The minimum atomic E-state index is -0.142. The number of para-hydroxylation sites is 1. The van der Waals surface area contributed by atoms with Crippen molar-refractivity contribution in [3.8, 4) is 16.8 Å². The fraction of sp³-hybridized carbons (Fsp3) is 0.0638. The first kappa shape index (κ1) is 30.5. The van der Waals surface area contributed by atoms with Gasteiger partial charge in [0.15, 0.2) is 5.84 Å². The summed E-state index contributed by atoms with van der Waals surface area (Å²) in [7, 11) is 0. The molecule has 0 radical (unpaired) electrons. The van der Waals surface area contributed by atoms with Crippen LogP contribution in [0.4, 0.5) is 0 Å². The van der Waals surface area contributed by atoms with Crippen molar-refractivity contribution >= 4 is 55.3 Å². The Kier molecular flexibility index (Phi) is 7.63. The van der Waals surface area contributed by atoms with Crippen molar-refractivity contribution in [1.29, 1.82) is 0 Å². The van der Waals surface area contributed by atoms with Gasteiger partial charge in [0.25, 0.3) is 0 Å². The van der Waals surface area contributed by atoms with Crippen LogP contribution in [0.2, 0.25) is 0 Å². The van der Waals surface area contributed by atoms with Gasteiger partial charge in [0.05, 0.1) is 17.1 Å². The molecule has 2 aromatic heterocycles. The molecule has 51 heavy (non-hydrogen) atoms. The summed E-state index contributed by atoms with van der Waals surface area (Å²) in [5, 5.41) is 4.64. The summed E-state index contributed by atoms with van der Waals surface area (Å²) in [6, 6.07) is 59.3. The average Bonchev–Trinajstić information content (AvgIpc) is 3.73. The predicted octanol–water partition coefficient (Wildman–Crippen LogP) is 12.4. The number of benzene rings is 7. The molecule has 0 bridgehead atoms. The molecule has 7 aromatic carbocycles. The molecule has 4 nitrogen and oxygen atoms in total. The molecule has 0 N–H and O–H groups in total. The second-order valence-corrected chi connectivity index (χ2v) is 13.0. The number of rotatable bonds is 6. The Morgan fingerprint density at radius 2 is 1.20 bits per heavy atom. The predicted molar refractivity (Wildman–Crippen MR) is 214 cm³/mol. The van der Waals surface area contributed by atoms with Crippen molar-refractivity contribution in [2.45, 2.75) is 19.9 Å². The van der Waals surface area contributed by atoms with Crippen LogP contribution in [0.5, 0.6) is 0 Å². The largest absolute Gasteiger partial charge is 0.456 e. The van der Waals surface area contributed by atoms with Crippen molar-refractivity contribution in [2.24, 2.45) is 9.98 Å². The van der Waals surface area contributed by atoms with Gasteiger partial charge in [-0.1, -0.05) is 133 Å². The average molecular weight is 658 g/mol. The molecule has 0 spiro atoms. The van der Waals surface area contributed by atoms with E-state index in [-0.39, 0.29) is 6.04 Å². The highest BCUT2D eigenvalue weighted by molar-refractivity contribution is 6.12. The van der Waals surface area contributed by atoms with Gasteiger partial charge in [-0.25, -0.2) is 4.99 Å². The molecule has 0 aliphatic rings. The van der Waals surface area contributed by atoms with Crippen LogP contribution < -0.4 is 0 Å². The van der Waals surface area contributed by atoms with E-state index >= 15 is 0 Å². The second kappa shape index (κ2) is 12.7. The molecule has 4 heteroatoms. The molecule has 0 aliphatic heterocycles. The third kappa shape index (κ3) is 5.61. The van der Waals surface area contributed by atoms with E-state index in [1.165, 1.54) is 32.9 Å². The lowest BCUT2D eigenvalue weighted by molar-refractivity contribution is 0.666. The minimum Gasteiger partial charge on any atom is -0.456 e. The van der Waals surface area contributed by atoms with E-state index in [0.717, 1.165) is 50.0 Å². The number of fused-ring (bicyclic) bond motifs is 6. The number of nitrogens with zero attached hydrogens (tertiary/aromatic N) is 3. The van der Waals surface area contributed by atoms with Crippen LogP contribution in [-0.4, -0.2) is 16.1 Å². The maximum atomic E-state index is 6.49. The Morgan fingerprint density at radius 1 is 0.529 bits per heavy atom. The van der Waals surface area contributed by atoms with E-state index in [9.17, 15) is 0 Å². The molecule has 9 aromatic rings. The van der Waals surface area contributed by atoms with Crippen molar-refractivity contribution in [2.75, 3.05) is 0 Å². The van der Waals surface area contributed by atoms with Gasteiger partial charge in [-0.15, -0.1) is 0 Å². The summed E-state index contributed by atoms with van der Waals surface area (Å²) in [5.41, 5.74) is 11.6. The first-order valence-corrected chi connectivity index (χ1v) is 17.4. The first-order valence-electron chi connectivity index (χ1n) is 17.4. The summed E-state index contributed by atoms with van der Waals surface area (Å²) >= 11 is 0. The van der Waals surface area contributed by atoms with E-state index in [2.05, 4.69) is 145 Å². The lowest BCUT2D eigenvalue weighted by Gasteiger charge is -2.11. The molecule has 0 amide bonds. The highest BCUT2D eigenvalue weighted by Gasteiger charge is 2.17. The highest BCUT2D eigenvalue weighted by Crippen LogP contribution is 2.38. The summed E-state index contributed by atoms with van der Waals surface area (Å²) in [6.07, 6.45) is 0. The van der Waals surface area contributed by atoms with E-state index in [1.807, 2.05) is 43.3 Å². The quantitative estimate of drug-likeness (QED) is 0.130. The highest BCUT2D eigenvalue weighted by atomic mass is 16.3. The van der Waals surface area contributed by atoms with Crippen LogP contribution in [0, 0.1) is 0 Å². The Balaban J connectivity index is 1.13. The fourth-order valence-electron chi connectivity index (χ4n) is 7.16. The minimum absolute atomic E-state index is 0.142. The van der Waals surface area contributed by atoms with Crippen LogP contribution in [0.3, 0.4) is 0 Å². The lowest BCUT2D eigenvalue weighted by Crippen LogP contribution is -2.05. The molecule has 0 fully saturated rings. The maximum Gasteiger partial charge on any atom is 0.155 e. The van der Waals surface area contributed by atoms with Crippen molar-refractivity contribution in [3.63, 3.8) is 0 Å². The molecular formula is C47H35N3O. The van der Waals surface area contributed by atoms with Gasteiger partial charge >= 0.3 is 0 Å². The maximum absolute atomic E-state index is 6.49. The molecule has 1 atom stereocenters. The Bertz CT molecular complexity index is 2750. The molecule has 0 saturated heterocycles. The molecule has 0 aliphatic carbocycles. The van der Waals surface area contributed by atoms with Crippen LogP contribution in [-0.2, 0) is 0 Å². The molecule has 2 heterocycles. The van der Waals surface area contributed by atoms with Gasteiger partial charge in [-0.05, 0) is 72.5 Å². The normalized spacial score (nSPS) is 13.1. The van der Waals surface area contributed by atoms with Crippen molar-refractivity contribution in [3.05, 3.63) is 187 Å². The van der Waals surface area contributed by atoms with Crippen LogP contribution in [0.15, 0.2) is 184 Å². The SMILES string of the molecule is C/C(=N\C(=N/[C@@H](C)c1ccc2c(c1)oc1ccc(-n3c4ccccc4c4ccc(-c5ccccc5)cc43)cc12)c1ccccc1)c1ccccc1. The molecular weight excluding hydrogens is 623 g/mol. The van der Waals surface area contributed by atoms with E-state index in [4.69, 9.17) is 14.4 Å². The standard InChI is InChI=1S/C47H35N3O/c1-31(33-14-6-3-7-15-33)48-47(35-18-10-5-11-19-35)49-32(2)36-22-26-41-42-30-38(24-27-45(42)51-46(41)29-36)50-43-21-13-12-20-39(43)40-25-23-37(28-44(40)50)34-16-8-4-9-17-34/h3-30,32H,1-2H3/b48-31+,49-47-/t32-/m0/s1. The summed E-state index contributed by atoms with van der Waals surface area (Å²) < 4.78 is 8.87. The summed E-state index contributed by atoms with van der Waals surface area (Å²) in [4.78, 5) is 10.2. The molecule has 244 valence electrons. The van der Waals surface area contributed by atoms with Gasteiger partial charge in [-0.2, -0.15) is 0 Å². The Labute approximate surface area is 296 Å². The zero-order chi connectivity index (χ0) is 34.3. The number of aromatic nitrogens is 1. The zero-order valence-corrected chi connectivity index (χ0v) is 28.5. The number of amidine groups is 1. The van der Waals surface area contributed by atoms with Crippen LogP contribution in [0.1, 0.15) is 36.6 Å². The second-order valence-electron chi connectivity index (χ2n) is 13.0. The van der Waals surface area contributed by atoms with Gasteiger partial charge in [-0.3, -0.25) is 4.99 Å².